The number of halogens is 1. The number of thioether (sulfide) groups is 1. The van der Waals surface area contributed by atoms with Crippen molar-refractivity contribution in [2.24, 2.45) is 0 Å². The molecule has 0 saturated heterocycles. The third-order valence-corrected chi connectivity index (χ3v) is 4.64. The molecule has 0 bridgehead atoms. The zero-order valence-corrected chi connectivity index (χ0v) is 12.6. The normalized spacial score (nSPS) is 13.6. The van der Waals surface area contributed by atoms with E-state index in [4.69, 9.17) is 0 Å². The number of Topliss-reactive ketones (excluding diaryl/α,β-unsaturated/α-hetero) is 1. The fraction of sp³-hybridized carbons (Fsp3) is 0.176. The molecule has 3 rings (SSSR count). The minimum absolute atomic E-state index is 0.0851. The lowest BCUT2D eigenvalue weighted by Crippen LogP contribution is -2.24. The van der Waals surface area contributed by atoms with E-state index in [0.29, 0.717) is 29.8 Å². The van der Waals surface area contributed by atoms with Crippen LogP contribution in [-0.2, 0) is 6.54 Å². The topological polar surface area (TPSA) is 46.2 Å². The molecule has 3 nitrogen and oxygen atoms in total. The summed E-state index contributed by atoms with van der Waals surface area (Å²) in [6, 6.07) is 11.2. The smallest absolute Gasteiger partial charge is 0.252 e. The van der Waals surface area contributed by atoms with Gasteiger partial charge in [0.05, 0.1) is 5.56 Å². The Hall–Kier alpha value is -2.14. The molecule has 1 amide bonds. The van der Waals surface area contributed by atoms with Gasteiger partial charge in [-0.05, 0) is 23.8 Å². The highest BCUT2D eigenvalue weighted by Crippen LogP contribution is 2.32. The molecular formula is C17H14FNO2S. The first-order chi connectivity index (χ1) is 10.6. The largest absolute Gasteiger partial charge is 0.348 e. The number of nitrogens with one attached hydrogen (secondary N) is 1. The van der Waals surface area contributed by atoms with Crippen molar-refractivity contribution in [3.8, 4) is 0 Å². The van der Waals surface area contributed by atoms with Gasteiger partial charge in [-0.15, -0.1) is 11.8 Å². The molecule has 0 unspecified atom stereocenters. The molecule has 2 aromatic carbocycles. The van der Waals surface area contributed by atoms with Gasteiger partial charge in [-0.2, -0.15) is 0 Å². The highest BCUT2D eigenvalue weighted by molar-refractivity contribution is 7.99. The van der Waals surface area contributed by atoms with E-state index in [9.17, 15) is 14.0 Å². The van der Waals surface area contributed by atoms with Gasteiger partial charge >= 0.3 is 0 Å². The zero-order chi connectivity index (χ0) is 15.5. The van der Waals surface area contributed by atoms with Crippen LogP contribution < -0.4 is 5.32 Å². The minimum atomic E-state index is -0.304. The molecular weight excluding hydrogens is 301 g/mol. The number of fused-ring (bicyclic) bond motifs is 1. The Kier molecular flexibility index (Phi) is 4.24. The maximum absolute atomic E-state index is 12.9. The van der Waals surface area contributed by atoms with Crippen molar-refractivity contribution in [3.63, 3.8) is 0 Å². The summed E-state index contributed by atoms with van der Waals surface area (Å²) in [5.41, 5.74) is 1.98. The molecule has 0 fully saturated rings. The van der Waals surface area contributed by atoms with Gasteiger partial charge < -0.3 is 5.32 Å². The molecule has 0 radical (unpaired) electrons. The molecule has 1 heterocycles. The van der Waals surface area contributed by atoms with Crippen LogP contribution in [0.25, 0.3) is 0 Å². The van der Waals surface area contributed by atoms with E-state index in [1.807, 2.05) is 0 Å². The summed E-state index contributed by atoms with van der Waals surface area (Å²) >= 11 is 1.54. The van der Waals surface area contributed by atoms with Crippen LogP contribution in [0.1, 0.15) is 32.7 Å². The van der Waals surface area contributed by atoms with Crippen molar-refractivity contribution in [3.05, 3.63) is 65.0 Å². The highest BCUT2D eigenvalue weighted by Gasteiger charge is 2.22. The molecule has 2 aromatic rings. The van der Waals surface area contributed by atoms with E-state index in [-0.39, 0.29) is 17.5 Å². The number of ketones is 1. The number of hydrogen-bond acceptors (Lipinski definition) is 3. The number of hydrogen-bond donors (Lipinski definition) is 1. The third-order valence-electron chi connectivity index (χ3n) is 3.50. The Morgan fingerprint density at radius 3 is 2.73 bits per heavy atom. The van der Waals surface area contributed by atoms with Crippen LogP contribution in [0, 0.1) is 5.82 Å². The molecule has 112 valence electrons. The van der Waals surface area contributed by atoms with Crippen molar-refractivity contribution in [2.75, 3.05) is 5.75 Å². The average molecular weight is 315 g/mol. The van der Waals surface area contributed by atoms with Crippen LogP contribution in [0.4, 0.5) is 4.39 Å². The van der Waals surface area contributed by atoms with Gasteiger partial charge in [-0.25, -0.2) is 4.39 Å². The van der Waals surface area contributed by atoms with E-state index in [1.54, 1.807) is 30.3 Å². The van der Waals surface area contributed by atoms with Gasteiger partial charge in [0.2, 0.25) is 0 Å². The molecule has 0 atom stereocenters. The number of benzene rings is 2. The van der Waals surface area contributed by atoms with E-state index in [0.717, 1.165) is 10.5 Å². The molecule has 1 aliphatic heterocycles. The summed E-state index contributed by atoms with van der Waals surface area (Å²) in [4.78, 5) is 25.0. The second-order valence-corrected chi connectivity index (χ2v) is 6.12. The lowest BCUT2D eigenvalue weighted by atomic mass is 10.0. The van der Waals surface area contributed by atoms with E-state index >= 15 is 0 Å². The predicted octanol–water partition coefficient (Wildman–Crippen LogP) is 3.43. The lowest BCUT2D eigenvalue weighted by molar-refractivity contribution is 0.0947. The van der Waals surface area contributed by atoms with Crippen molar-refractivity contribution in [2.45, 2.75) is 17.9 Å². The quantitative estimate of drug-likeness (QED) is 0.944. The maximum atomic E-state index is 12.9. The number of amides is 1. The summed E-state index contributed by atoms with van der Waals surface area (Å²) in [6.45, 7) is 0.321. The SMILES string of the molecule is O=C1CCSc2c1cccc2C(=O)NCc1ccc(F)cc1. The standard InChI is InChI=1S/C17H14FNO2S/c18-12-6-4-11(5-7-12)10-19-17(21)14-3-1-2-13-15(20)8-9-22-16(13)14/h1-7H,8-10H2,(H,19,21). The summed E-state index contributed by atoms with van der Waals surface area (Å²) in [5, 5.41) is 2.81. The minimum Gasteiger partial charge on any atom is -0.348 e. The van der Waals surface area contributed by atoms with Crippen molar-refractivity contribution in [1.82, 2.24) is 5.32 Å². The van der Waals surface area contributed by atoms with Crippen molar-refractivity contribution >= 4 is 23.5 Å². The molecule has 0 saturated carbocycles. The van der Waals surface area contributed by atoms with E-state index < -0.39 is 0 Å². The molecule has 1 N–H and O–H groups in total. The zero-order valence-electron chi connectivity index (χ0n) is 11.8. The monoisotopic (exact) mass is 315 g/mol. The Morgan fingerprint density at radius 2 is 1.95 bits per heavy atom. The van der Waals surface area contributed by atoms with Crippen LogP contribution in [0.15, 0.2) is 47.4 Å². The lowest BCUT2D eigenvalue weighted by Gasteiger charge is -2.17. The van der Waals surface area contributed by atoms with Gasteiger partial charge in [-0.3, -0.25) is 9.59 Å². The Balaban J connectivity index is 1.77. The second kappa shape index (κ2) is 6.32. The van der Waals surface area contributed by atoms with Crippen LogP contribution in [0.2, 0.25) is 0 Å². The molecule has 1 aliphatic rings. The first kappa shape index (κ1) is 14.8. The predicted molar refractivity (Wildman–Crippen MR) is 83.7 cm³/mol. The summed E-state index contributed by atoms with van der Waals surface area (Å²) in [7, 11) is 0. The average Bonchev–Trinajstić information content (AvgIpc) is 2.54. The summed E-state index contributed by atoms with van der Waals surface area (Å²) in [5.74, 6) is 0.265. The molecule has 0 aliphatic carbocycles. The van der Waals surface area contributed by atoms with Crippen molar-refractivity contribution in [1.29, 1.82) is 0 Å². The van der Waals surface area contributed by atoms with Gasteiger partial charge in [0, 0.05) is 29.2 Å². The van der Waals surface area contributed by atoms with E-state index in [1.165, 1.54) is 23.9 Å². The van der Waals surface area contributed by atoms with Gasteiger partial charge in [0.25, 0.3) is 5.91 Å². The Bertz CT molecular complexity index is 728. The van der Waals surface area contributed by atoms with E-state index in [2.05, 4.69) is 5.32 Å². The number of carbonyl (C=O) groups excluding carboxylic acids is 2. The van der Waals surface area contributed by atoms with Gasteiger partial charge in [-0.1, -0.05) is 24.3 Å². The summed E-state index contributed by atoms with van der Waals surface area (Å²) < 4.78 is 12.9. The van der Waals surface area contributed by atoms with Gasteiger partial charge in [0.15, 0.2) is 5.78 Å². The number of rotatable bonds is 3. The molecule has 5 heteroatoms. The Morgan fingerprint density at radius 1 is 1.18 bits per heavy atom. The van der Waals surface area contributed by atoms with Crippen LogP contribution in [0.3, 0.4) is 0 Å². The molecule has 0 aromatic heterocycles. The third kappa shape index (κ3) is 3.04. The fourth-order valence-electron chi connectivity index (χ4n) is 2.35. The highest BCUT2D eigenvalue weighted by atomic mass is 32.2. The van der Waals surface area contributed by atoms with Crippen LogP contribution in [0.5, 0.6) is 0 Å². The first-order valence-corrected chi connectivity index (χ1v) is 7.95. The number of carbonyl (C=O) groups is 2. The maximum Gasteiger partial charge on any atom is 0.252 e. The second-order valence-electron chi connectivity index (χ2n) is 5.01. The first-order valence-electron chi connectivity index (χ1n) is 6.97. The summed E-state index contributed by atoms with van der Waals surface area (Å²) in [6.07, 6.45) is 0.512. The molecule has 0 spiro atoms. The molecule has 22 heavy (non-hydrogen) atoms. The fourth-order valence-corrected chi connectivity index (χ4v) is 3.50. The Labute approximate surface area is 131 Å². The van der Waals surface area contributed by atoms with Crippen molar-refractivity contribution < 1.29 is 14.0 Å². The van der Waals surface area contributed by atoms with Crippen LogP contribution >= 0.6 is 11.8 Å². The van der Waals surface area contributed by atoms with Gasteiger partial charge in [0.1, 0.15) is 5.82 Å². The van der Waals surface area contributed by atoms with Crippen LogP contribution in [-0.4, -0.2) is 17.4 Å².